The van der Waals surface area contributed by atoms with Gasteiger partial charge in [-0.25, -0.2) is 4.39 Å². The van der Waals surface area contributed by atoms with Gasteiger partial charge in [0.2, 0.25) is 0 Å². The summed E-state index contributed by atoms with van der Waals surface area (Å²) in [6.07, 6.45) is 0. The molecule has 0 aliphatic carbocycles. The van der Waals surface area contributed by atoms with Gasteiger partial charge in [0, 0.05) is 17.4 Å². The molecule has 0 radical (unpaired) electrons. The Balaban J connectivity index is 2.69. The number of benzene rings is 1. The van der Waals surface area contributed by atoms with Crippen LogP contribution in [-0.4, -0.2) is 18.3 Å². The maximum absolute atomic E-state index is 13.3. The molecule has 16 heavy (non-hydrogen) atoms. The molecule has 1 aromatic rings. The molecule has 1 N–H and O–H groups in total. The fourth-order valence-corrected chi connectivity index (χ4v) is 1.37. The molecule has 0 bridgehead atoms. The van der Waals surface area contributed by atoms with Crippen LogP contribution in [0.1, 0.15) is 17.3 Å². The van der Waals surface area contributed by atoms with Gasteiger partial charge in [0.05, 0.1) is 5.56 Å². The highest BCUT2D eigenvalue weighted by atomic mass is 35.5. The van der Waals surface area contributed by atoms with Crippen molar-refractivity contribution >= 4 is 29.1 Å². The van der Waals surface area contributed by atoms with Gasteiger partial charge in [0.25, 0.3) is 5.91 Å². The molecule has 2 nitrogen and oxygen atoms in total. The van der Waals surface area contributed by atoms with Crippen LogP contribution in [-0.2, 0) is 0 Å². The minimum absolute atomic E-state index is 0.0470. The van der Waals surface area contributed by atoms with Gasteiger partial charge in [0.15, 0.2) is 0 Å². The van der Waals surface area contributed by atoms with Gasteiger partial charge in [-0.1, -0.05) is 18.5 Å². The molecule has 0 spiro atoms. The fraction of sp³-hybridized carbons (Fsp3) is 0.364. The zero-order valence-electron chi connectivity index (χ0n) is 8.77. The molecule has 88 valence electrons. The van der Waals surface area contributed by atoms with Gasteiger partial charge in [-0.2, -0.15) is 0 Å². The molecule has 0 aliphatic rings. The normalized spacial score (nSPS) is 12.2. The number of amides is 1. The van der Waals surface area contributed by atoms with E-state index in [0.717, 1.165) is 0 Å². The molecule has 0 saturated heterocycles. The van der Waals surface area contributed by atoms with Crippen LogP contribution >= 0.6 is 23.2 Å². The third-order valence-corrected chi connectivity index (χ3v) is 2.81. The molecular formula is C11H12Cl2FNO. The second kappa shape index (κ2) is 6.06. The number of halogens is 3. The Morgan fingerprint density at radius 1 is 1.56 bits per heavy atom. The Labute approximate surface area is 104 Å². The number of hydrogen-bond acceptors (Lipinski definition) is 1. The number of alkyl halides is 1. The van der Waals surface area contributed by atoms with Crippen molar-refractivity contribution in [3.8, 4) is 0 Å². The highest BCUT2D eigenvalue weighted by Crippen LogP contribution is 2.14. The maximum Gasteiger partial charge on any atom is 0.254 e. The highest BCUT2D eigenvalue weighted by molar-refractivity contribution is 6.31. The van der Waals surface area contributed by atoms with E-state index in [-0.39, 0.29) is 11.5 Å². The predicted octanol–water partition coefficient (Wildman–Crippen LogP) is 3.08. The molecule has 1 rings (SSSR count). The van der Waals surface area contributed by atoms with Crippen molar-refractivity contribution < 1.29 is 9.18 Å². The monoisotopic (exact) mass is 263 g/mol. The topological polar surface area (TPSA) is 29.1 Å². The van der Waals surface area contributed by atoms with E-state index in [1.54, 1.807) is 0 Å². The van der Waals surface area contributed by atoms with Crippen LogP contribution < -0.4 is 5.32 Å². The Hall–Kier alpha value is -0.800. The lowest BCUT2D eigenvalue weighted by molar-refractivity contribution is 0.0945. The van der Waals surface area contributed by atoms with Crippen molar-refractivity contribution in [1.29, 1.82) is 0 Å². The van der Waals surface area contributed by atoms with Gasteiger partial charge in [-0.3, -0.25) is 4.79 Å². The summed E-state index contributed by atoms with van der Waals surface area (Å²) < 4.78 is 13.3. The summed E-state index contributed by atoms with van der Waals surface area (Å²) in [4.78, 5) is 11.6. The summed E-state index contributed by atoms with van der Waals surface area (Å²) in [5.74, 6) is -0.469. The Morgan fingerprint density at radius 2 is 2.25 bits per heavy atom. The largest absolute Gasteiger partial charge is 0.352 e. The summed E-state index contributed by atoms with van der Waals surface area (Å²) >= 11 is 11.3. The minimum Gasteiger partial charge on any atom is -0.352 e. The first-order valence-corrected chi connectivity index (χ1v) is 5.75. The molecule has 0 aromatic heterocycles. The van der Waals surface area contributed by atoms with Crippen LogP contribution in [0.3, 0.4) is 0 Å². The fourth-order valence-electron chi connectivity index (χ4n) is 1.09. The first-order chi connectivity index (χ1) is 7.54. The summed E-state index contributed by atoms with van der Waals surface area (Å²) in [5.41, 5.74) is -0.0470. The Kier molecular flexibility index (Phi) is 5.03. The van der Waals surface area contributed by atoms with Crippen LogP contribution in [0, 0.1) is 11.7 Å². The summed E-state index contributed by atoms with van der Waals surface area (Å²) in [6.45, 7) is 2.30. The SMILES string of the molecule is CC(CCl)CNC(=O)c1cc(Cl)ccc1F. The van der Waals surface area contributed by atoms with E-state index < -0.39 is 11.7 Å². The standard InChI is InChI=1S/C11H12Cl2FNO/c1-7(5-12)6-15-11(16)9-4-8(13)2-3-10(9)14/h2-4,7H,5-6H2,1H3,(H,15,16). The van der Waals surface area contributed by atoms with Crippen LogP contribution in [0.15, 0.2) is 18.2 Å². The van der Waals surface area contributed by atoms with Crippen LogP contribution in [0.4, 0.5) is 4.39 Å². The van der Waals surface area contributed by atoms with Gasteiger partial charge in [0.1, 0.15) is 5.82 Å². The molecular weight excluding hydrogens is 252 g/mol. The molecule has 5 heteroatoms. The van der Waals surface area contributed by atoms with Crippen LogP contribution in [0.2, 0.25) is 5.02 Å². The minimum atomic E-state index is -0.583. The molecule has 1 amide bonds. The van der Waals surface area contributed by atoms with E-state index in [4.69, 9.17) is 23.2 Å². The second-order valence-corrected chi connectivity index (χ2v) is 4.34. The van der Waals surface area contributed by atoms with Gasteiger partial charge < -0.3 is 5.32 Å². The Bertz CT molecular complexity index is 384. The Morgan fingerprint density at radius 3 is 2.88 bits per heavy atom. The molecule has 1 atom stereocenters. The van der Waals surface area contributed by atoms with Crippen LogP contribution in [0.5, 0.6) is 0 Å². The third-order valence-electron chi connectivity index (χ3n) is 2.05. The zero-order chi connectivity index (χ0) is 12.1. The molecule has 0 saturated carbocycles. The lowest BCUT2D eigenvalue weighted by Gasteiger charge is -2.09. The number of nitrogens with one attached hydrogen (secondary N) is 1. The van der Waals surface area contributed by atoms with Crippen molar-refractivity contribution in [3.63, 3.8) is 0 Å². The molecule has 0 fully saturated rings. The number of carbonyl (C=O) groups excluding carboxylic acids is 1. The molecule has 0 heterocycles. The highest BCUT2D eigenvalue weighted by Gasteiger charge is 2.12. The van der Waals surface area contributed by atoms with Crippen molar-refractivity contribution in [2.45, 2.75) is 6.92 Å². The lowest BCUT2D eigenvalue weighted by atomic mass is 10.1. The molecule has 0 aliphatic heterocycles. The van der Waals surface area contributed by atoms with E-state index in [9.17, 15) is 9.18 Å². The number of hydrogen-bond donors (Lipinski definition) is 1. The first kappa shape index (κ1) is 13.3. The number of carbonyl (C=O) groups is 1. The second-order valence-electron chi connectivity index (χ2n) is 3.59. The lowest BCUT2D eigenvalue weighted by Crippen LogP contribution is -2.29. The van der Waals surface area contributed by atoms with E-state index in [1.807, 2.05) is 6.92 Å². The number of rotatable bonds is 4. The van der Waals surface area contributed by atoms with Gasteiger partial charge >= 0.3 is 0 Å². The first-order valence-electron chi connectivity index (χ1n) is 4.83. The van der Waals surface area contributed by atoms with Crippen molar-refractivity contribution in [1.82, 2.24) is 5.32 Å². The average molecular weight is 264 g/mol. The van der Waals surface area contributed by atoms with E-state index in [2.05, 4.69) is 5.32 Å². The van der Waals surface area contributed by atoms with Crippen molar-refractivity contribution in [2.24, 2.45) is 5.92 Å². The smallest absolute Gasteiger partial charge is 0.254 e. The average Bonchev–Trinajstić information content (AvgIpc) is 2.28. The van der Waals surface area contributed by atoms with E-state index in [1.165, 1.54) is 18.2 Å². The third kappa shape index (κ3) is 3.65. The van der Waals surface area contributed by atoms with E-state index >= 15 is 0 Å². The van der Waals surface area contributed by atoms with Crippen molar-refractivity contribution in [2.75, 3.05) is 12.4 Å². The van der Waals surface area contributed by atoms with Crippen molar-refractivity contribution in [3.05, 3.63) is 34.6 Å². The zero-order valence-corrected chi connectivity index (χ0v) is 10.3. The summed E-state index contributed by atoms with van der Waals surface area (Å²) in [7, 11) is 0. The van der Waals surface area contributed by atoms with Crippen LogP contribution in [0.25, 0.3) is 0 Å². The van der Waals surface area contributed by atoms with E-state index in [0.29, 0.717) is 17.4 Å². The summed E-state index contributed by atoms with van der Waals surface area (Å²) in [5, 5.41) is 2.93. The maximum atomic E-state index is 13.3. The van der Waals surface area contributed by atoms with Gasteiger partial charge in [-0.05, 0) is 24.1 Å². The molecule has 1 aromatic carbocycles. The molecule has 1 unspecified atom stereocenters. The predicted molar refractivity (Wildman–Crippen MR) is 63.6 cm³/mol. The summed E-state index contributed by atoms with van der Waals surface area (Å²) in [6, 6.07) is 3.87. The van der Waals surface area contributed by atoms with Gasteiger partial charge in [-0.15, -0.1) is 11.6 Å². The quantitative estimate of drug-likeness (QED) is 0.832.